The first-order valence-corrected chi connectivity index (χ1v) is 30.4. The molecule has 0 aromatic rings. The fourth-order valence-corrected chi connectivity index (χ4v) is 8.21. The van der Waals surface area contributed by atoms with Crippen LogP contribution in [-0.2, 0) is 66.9 Å². The largest absolute Gasteiger partial charge is 0.502 e. The van der Waals surface area contributed by atoms with Gasteiger partial charge in [0, 0.05) is 120 Å². The molecule has 80 heavy (non-hydrogen) atoms. The minimum absolute atomic E-state index is 0. The van der Waals surface area contributed by atoms with Crippen molar-refractivity contribution in [2.75, 3.05) is 78.6 Å². The van der Waals surface area contributed by atoms with Gasteiger partial charge in [0.15, 0.2) is 0 Å². The van der Waals surface area contributed by atoms with E-state index in [1.165, 1.54) is 28.4 Å². The van der Waals surface area contributed by atoms with Gasteiger partial charge in [-0.3, -0.25) is 57.7 Å². The first kappa shape index (κ1) is 81.8. The standard InChI is InChI=1S/C19H22N2O7.C12H23NO3S4.C9H16O3.C7H12O5.C4H11NO2.CH4/c22-13(1-3-14(23)9-11-20-16(25)5-6-17(20)26)2-4-15(24)10-12-21-18(27)7-8-19(21)28;1-17-19-7-5-10(14)3-4-11(15)9-13-12(16)6-8-20-18-2;1-7(11-3)5-9(10)6-8(2)12-4;1-11-6(9)3-5(8)4-7(10)12-2;1-2-4(6)3-5-7;/h5-8,13,22H,1-4,9-12H2;11,15H,3-9H2,1-2H3,(H,13,16);9-10H,1-2,5-6H2,3-4H3;5,8H,3-4H2,1-2H3;4-7H,2-3H2,1H3;1H4. The number of aliphatic hydroxyl groups excluding tert-OH is 5. The van der Waals surface area contributed by atoms with Gasteiger partial charge in [-0.1, -0.05) is 70.7 Å². The Hall–Kier alpha value is -4.62. The summed E-state index contributed by atoms with van der Waals surface area (Å²) in [6, 6.07) is 0. The first-order chi connectivity index (χ1) is 37.4. The number of hydrogen-bond acceptors (Lipinski definition) is 25. The number of imide groups is 2. The Labute approximate surface area is 486 Å². The van der Waals surface area contributed by atoms with Crippen LogP contribution in [0.5, 0.6) is 0 Å². The third kappa shape index (κ3) is 47.1. The summed E-state index contributed by atoms with van der Waals surface area (Å²) in [6.07, 6.45) is 8.66. The van der Waals surface area contributed by atoms with Crippen LogP contribution in [0, 0.1) is 0 Å². The van der Waals surface area contributed by atoms with Crippen molar-refractivity contribution in [3.63, 3.8) is 0 Å². The number of hydrogen-bond donors (Lipinski definition) is 8. The van der Waals surface area contributed by atoms with Crippen molar-refractivity contribution < 1.29 is 97.6 Å². The minimum atomic E-state index is -1.02. The molecule has 0 aliphatic carbocycles. The zero-order chi connectivity index (χ0) is 60.7. The second-order valence-electron chi connectivity index (χ2n) is 16.8. The molecule has 2 unspecified atom stereocenters. The van der Waals surface area contributed by atoms with Crippen LogP contribution in [0.25, 0.3) is 0 Å². The Kier molecular flexibility index (Phi) is 53.7. The summed E-state index contributed by atoms with van der Waals surface area (Å²) in [7, 11) is 12.1. The van der Waals surface area contributed by atoms with E-state index in [-0.39, 0.29) is 108 Å². The first-order valence-electron chi connectivity index (χ1n) is 24.9. The van der Waals surface area contributed by atoms with Crippen LogP contribution in [0.15, 0.2) is 49.0 Å². The van der Waals surface area contributed by atoms with Crippen LogP contribution in [0.2, 0.25) is 0 Å². The van der Waals surface area contributed by atoms with Crippen LogP contribution in [0.4, 0.5) is 0 Å². The molecule has 2 rings (SSSR count). The van der Waals surface area contributed by atoms with E-state index in [4.69, 9.17) is 24.9 Å². The number of nitrogens with zero attached hydrogens (tertiary/aromatic N) is 2. The molecule has 2 aliphatic heterocycles. The molecule has 0 fully saturated rings. The van der Waals surface area contributed by atoms with E-state index >= 15 is 0 Å². The van der Waals surface area contributed by atoms with Crippen molar-refractivity contribution in [3.05, 3.63) is 49.0 Å². The highest BCUT2D eigenvalue weighted by Crippen LogP contribution is 2.19. The van der Waals surface area contributed by atoms with Gasteiger partial charge < -0.3 is 55.0 Å². The Balaban J connectivity index is -0.000000486. The van der Waals surface area contributed by atoms with Gasteiger partial charge in [-0.2, -0.15) is 0 Å². The molecule has 0 aromatic carbocycles. The third-order valence-corrected chi connectivity index (χ3v) is 14.1. The number of nitrogens with one attached hydrogen (secondary N) is 2. The molecule has 24 nitrogen and oxygen atoms in total. The Bertz CT molecular complexity index is 1750. The van der Waals surface area contributed by atoms with Gasteiger partial charge in [0.1, 0.15) is 17.3 Å². The predicted molar refractivity (Wildman–Crippen MR) is 310 cm³/mol. The van der Waals surface area contributed by atoms with Crippen molar-refractivity contribution in [1.82, 2.24) is 20.6 Å². The van der Waals surface area contributed by atoms with E-state index in [2.05, 4.69) is 27.9 Å². The molecule has 28 heteroatoms. The Morgan fingerprint density at radius 1 is 0.525 bits per heavy atom. The molecule has 2 atom stereocenters. The van der Waals surface area contributed by atoms with E-state index < -0.39 is 66.1 Å². The Morgan fingerprint density at radius 3 is 1.23 bits per heavy atom. The van der Waals surface area contributed by atoms with E-state index in [1.807, 2.05) is 24.9 Å². The molecular weight excluding hydrogens is 1130 g/mol. The van der Waals surface area contributed by atoms with Gasteiger partial charge >= 0.3 is 11.9 Å². The summed E-state index contributed by atoms with van der Waals surface area (Å²) >= 11 is 0. The lowest BCUT2D eigenvalue weighted by molar-refractivity contribution is -0.147. The number of hydroxylamine groups is 1. The summed E-state index contributed by atoms with van der Waals surface area (Å²) in [4.78, 5) is 115. The lowest BCUT2D eigenvalue weighted by Crippen LogP contribution is -2.32. The van der Waals surface area contributed by atoms with Crippen LogP contribution >= 0.6 is 43.2 Å². The van der Waals surface area contributed by atoms with Crippen molar-refractivity contribution in [3.8, 4) is 0 Å². The fraction of sp³-hybridized carbons (Fsp3) is 0.654. The third-order valence-electron chi connectivity index (χ3n) is 10.5. The highest BCUT2D eigenvalue weighted by molar-refractivity contribution is 8.76. The second kappa shape index (κ2) is 52.5. The average molecular weight is 1220 g/mol. The van der Waals surface area contributed by atoms with Gasteiger partial charge in [-0.05, 0) is 38.2 Å². The maximum absolute atomic E-state index is 11.8. The number of Topliss-reactive ketones (excluding diaryl/α,β-unsaturated/α-hetero) is 3. The molecule has 5 amide bonds. The van der Waals surface area contributed by atoms with Crippen LogP contribution in [-0.4, -0.2) is 209 Å². The average Bonchev–Trinajstić information content (AvgIpc) is 3.92. The summed E-state index contributed by atoms with van der Waals surface area (Å²) in [6.45, 7) is 9.56. The molecule has 0 radical (unpaired) electrons. The molecule has 0 saturated heterocycles. The zero-order valence-corrected chi connectivity index (χ0v) is 49.7. The Morgan fingerprint density at radius 2 is 0.887 bits per heavy atom. The van der Waals surface area contributed by atoms with Crippen LogP contribution in [0.1, 0.15) is 111 Å². The minimum Gasteiger partial charge on any atom is -0.502 e. The highest BCUT2D eigenvalue weighted by atomic mass is 33.1. The lowest BCUT2D eigenvalue weighted by Gasteiger charge is -2.14. The molecule has 8 N–H and O–H groups in total. The van der Waals surface area contributed by atoms with Gasteiger partial charge in [-0.25, -0.2) is 5.48 Å². The summed E-state index contributed by atoms with van der Waals surface area (Å²) in [5.74, 6) is -0.387. The number of rotatable bonds is 38. The summed E-state index contributed by atoms with van der Waals surface area (Å²) < 4.78 is 18.2. The molecule has 0 aromatic heterocycles. The number of amides is 5. The maximum atomic E-state index is 11.8. The van der Waals surface area contributed by atoms with E-state index in [0.29, 0.717) is 56.5 Å². The normalized spacial score (nSPS) is 12.8. The number of aliphatic hydroxyl groups is 5. The van der Waals surface area contributed by atoms with Gasteiger partial charge in [0.05, 0.1) is 83.3 Å². The van der Waals surface area contributed by atoms with Crippen molar-refractivity contribution in [2.24, 2.45) is 0 Å². The molecule has 460 valence electrons. The number of carbonyl (C=O) groups excluding carboxylic acids is 10. The smallest absolute Gasteiger partial charge is 0.308 e. The molecule has 2 heterocycles. The molecule has 0 spiro atoms. The quantitative estimate of drug-likeness (QED) is 0.0109. The fourth-order valence-electron chi connectivity index (χ4n) is 5.79. The van der Waals surface area contributed by atoms with Crippen LogP contribution in [0.3, 0.4) is 0 Å². The number of carbonyl (C=O) groups is 10. The van der Waals surface area contributed by atoms with Crippen molar-refractivity contribution in [1.29, 1.82) is 0 Å². The molecule has 0 saturated carbocycles. The monoisotopic (exact) mass is 1220 g/mol. The van der Waals surface area contributed by atoms with Crippen molar-refractivity contribution in [2.45, 2.75) is 141 Å². The predicted octanol–water partition coefficient (Wildman–Crippen LogP) is 3.58. The maximum Gasteiger partial charge on any atom is 0.308 e. The topological polar surface area (TPSA) is 360 Å². The number of methoxy groups -OCH3 is 4. The molecule has 2 aliphatic rings. The van der Waals surface area contributed by atoms with Crippen molar-refractivity contribution >= 4 is 102 Å². The van der Waals surface area contributed by atoms with Gasteiger partial charge in [0.25, 0.3) is 23.6 Å². The number of ketones is 3. The van der Waals surface area contributed by atoms with E-state index in [0.717, 1.165) is 45.6 Å². The second-order valence-corrected chi connectivity index (χ2v) is 22.2. The number of ether oxygens (including phenoxy) is 4. The van der Waals surface area contributed by atoms with Gasteiger partial charge in [0.2, 0.25) is 5.91 Å². The van der Waals surface area contributed by atoms with Gasteiger partial charge in [-0.15, -0.1) is 0 Å². The SMILES string of the molecule is C.C=C(CC(O)CC(=C)OC)OC.CCC(O)CNO.COC(=O)CC(O)CC(=O)OC.CSSCCC(=O)CCC(O)CNC(=O)CCSSC.O=C(CCC(O)CCC(=O)CCN1C(=O)C=CC1=O)CCN1C(=O)C=CC1=O. The summed E-state index contributed by atoms with van der Waals surface area (Å²) in [5, 5.41) is 57.3. The zero-order valence-electron chi connectivity index (χ0n) is 46.4. The highest BCUT2D eigenvalue weighted by Gasteiger charge is 2.25. The number of esters is 2. The molecular formula is C52H88N4O20S4. The van der Waals surface area contributed by atoms with Crippen LogP contribution < -0.4 is 10.8 Å². The van der Waals surface area contributed by atoms with E-state index in [1.54, 1.807) is 43.2 Å². The van der Waals surface area contributed by atoms with E-state index in [9.17, 15) is 63.3 Å². The lowest BCUT2D eigenvalue weighted by atomic mass is 10.0. The summed E-state index contributed by atoms with van der Waals surface area (Å²) in [5.41, 5.74) is 1.87. The molecule has 0 bridgehead atoms.